The van der Waals surface area contributed by atoms with Gasteiger partial charge in [-0.05, 0) is 78.8 Å². The topological polar surface area (TPSA) is 145 Å². The summed E-state index contributed by atoms with van der Waals surface area (Å²) in [6.07, 6.45) is -4.25. The van der Waals surface area contributed by atoms with Crippen LogP contribution in [0.3, 0.4) is 0 Å². The summed E-state index contributed by atoms with van der Waals surface area (Å²) < 4.78 is 57.9. The highest BCUT2D eigenvalue weighted by molar-refractivity contribution is 6.59. The van der Waals surface area contributed by atoms with Gasteiger partial charge in [0.25, 0.3) is 11.8 Å². The Kier molecular flexibility index (Phi) is 7.86. The number of phenols is 1. The Bertz CT molecular complexity index is 2010. The number of hydrogen-bond acceptors (Lipinski definition) is 8. The summed E-state index contributed by atoms with van der Waals surface area (Å²) in [5.41, 5.74) is -0.297. The first-order valence-corrected chi connectivity index (χ1v) is 15.9. The predicted octanol–water partition coefficient (Wildman–Crippen LogP) is 3.88. The smallest absolute Gasteiger partial charge is 0.508 e. The molecular weight excluding hydrogens is 710 g/mol. The highest BCUT2D eigenvalue weighted by atomic mass is 35.5. The van der Waals surface area contributed by atoms with E-state index in [-0.39, 0.29) is 34.4 Å². The van der Waals surface area contributed by atoms with Crippen molar-refractivity contribution in [3.8, 4) is 11.5 Å². The van der Waals surface area contributed by atoms with E-state index in [1.807, 2.05) is 0 Å². The molecule has 1 saturated carbocycles. The van der Waals surface area contributed by atoms with E-state index in [2.05, 4.69) is 4.74 Å². The van der Waals surface area contributed by atoms with E-state index in [0.717, 1.165) is 47.4 Å². The average molecular weight is 733 g/mol. The van der Waals surface area contributed by atoms with Crippen LogP contribution in [0.2, 0.25) is 0 Å². The minimum absolute atomic E-state index is 0.00599. The summed E-state index contributed by atoms with van der Waals surface area (Å²) >= 11 is 14.4. The number of hydrogen-bond donors (Lipinski definition) is 3. The Morgan fingerprint density at radius 1 is 0.860 bits per heavy atom. The molecule has 3 aromatic carbocycles. The van der Waals surface area contributed by atoms with Gasteiger partial charge in [-0.1, -0.05) is 23.8 Å². The van der Waals surface area contributed by atoms with Crippen molar-refractivity contribution in [2.45, 2.75) is 34.9 Å². The molecule has 2 saturated heterocycles. The summed E-state index contributed by atoms with van der Waals surface area (Å²) in [5, 5.41) is 30.5. The second kappa shape index (κ2) is 11.6. The molecule has 50 heavy (non-hydrogen) atoms. The van der Waals surface area contributed by atoms with E-state index in [0.29, 0.717) is 4.90 Å². The molecule has 4 aliphatic rings. The number of rotatable bonds is 5. The fourth-order valence-corrected chi connectivity index (χ4v) is 8.71. The minimum Gasteiger partial charge on any atom is -0.508 e. The maximum absolute atomic E-state index is 14.4. The van der Waals surface area contributed by atoms with Gasteiger partial charge in [-0.25, -0.2) is 9.29 Å². The molecule has 6 unspecified atom stereocenters. The maximum Gasteiger partial charge on any atom is 0.573 e. The standard InChI is InChI=1S/C33H23BCl2F4N2O8/c35-31-14-23-20(9-10-21-25(23)28(45)41(27(21)44)18-3-1-2-15(12-18)34(48)49)26(22-13-19(8-11-24(22)43)50-33(38,39)40)32(31,36)30(47)42(29(31)46)17-6-4-16(37)5-7-17/h1-9,11-13,21,23,25-26,43,48-49H,10,14H2. The van der Waals surface area contributed by atoms with Crippen molar-refractivity contribution < 1.29 is 56.6 Å². The SMILES string of the molecule is O=C1C2CC=C3C(CC4(Cl)C(=O)N(c5ccc(F)cc5)C(=O)C4(Cl)C3c3cc(OC(F)(F)F)ccc3O)C2C(=O)N1c1cccc(B(O)O)c1. The third-order valence-corrected chi connectivity index (χ3v) is 11.3. The fraction of sp³-hybridized carbons (Fsp3) is 0.273. The van der Waals surface area contributed by atoms with Gasteiger partial charge in [0.15, 0.2) is 9.75 Å². The van der Waals surface area contributed by atoms with Gasteiger partial charge >= 0.3 is 13.5 Å². The van der Waals surface area contributed by atoms with E-state index < -0.39 is 94.3 Å². The first-order valence-electron chi connectivity index (χ1n) is 15.1. The van der Waals surface area contributed by atoms with Crippen LogP contribution in [0.4, 0.5) is 28.9 Å². The lowest BCUT2D eigenvalue weighted by atomic mass is 9.56. The zero-order valence-corrected chi connectivity index (χ0v) is 26.8. The molecule has 17 heteroatoms. The molecule has 0 spiro atoms. The molecule has 0 radical (unpaired) electrons. The molecule has 3 aromatic rings. The second-order valence-corrected chi connectivity index (χ2v) is 13.7. The van der Waals surface area contributed by atoms with E-state index >= 15 is 0 Å². The molecule has 2 heterocycles. The second-order valence-electron chi connectivity index (χ2n) is 12.5. The predicted molar refractivity (Wildman–Crippen MR) is 170 cm³/mol. The summed E-state index contributed by atoms with van der Waals surface area (Å²) in [4.78, 5) is 53.3. The van der Waals surface area contributed by atoms with Gasteiger partial charge in [-0.2, -0.15) is 0 Å². The van der Waals surface area contributed by atoms with Crippen molar-refractivity contribution in [2.75, 3.05) is 9.80 Å². The lowest BCUT2D eigenvalue weighted by Gasteiger charge is -2.50. The number of ether oxygens (including phenoxy) is 1. The number of fused-ring (bicyclic) bond motifs is 4. The Morgan fingerprint density at radius 2 is 1.56 bits per heavy atom. The van der Waals surface area contributed by atoms with Gasteiger partial charge in [0, 0.05) is 11.5 Å². The van der Waals surface area contributed by atoms with E-state index in [9.17, 15) is 51.9 Å². The van der Waals surface area contributed by atoms with Crippen LogP contribution in [-0.4, -0.2) is 62.0 Å². The molecule has 7 rings (SSSR count). The molecule has 2 aliphatic carbocycles. The fourth-order valence-electron chi connectivity index (χ4n) is 7.78. The van der Waals surface area contributed by atoms with E-state index in [1.54, 1.807) is 0 Å². The number of allylic oxidation sites excluding steroid dienone is 2. The third-order valence-electron chi connectivity index (χ3n) is 9.87. The number of aromatic hydroxyl groups is 1. The largest absolute Gasteiger partial charge is 0.573 e. The Hall–Kier alpha value is -4.44. The first kappa shape index (κ1) is 34.0. The molecule has 0 aromatic heterocycles. The van der Waals surface area contributed by atoms with Gasteiger partial charge < -0.3 is 19.9 Å². The van der Waals surface area contributed by atoms with Crippen LogP contribution in [0.25, 0.3) is 0 Å². The highest BCUT2D eigenvalue weighted by Crippen LogP contribution is 2.66. The Balaban J connectivity index is 1.40. The number of alkyl halides is 5. The molecule has 3 N–H and O–H groups in total. The number of amides is 4. The minimum atomic E-state index is -5.16. The molecule has 258 valence electrons. The number of carbonyl (C=O) groups excluding carboxylic acids is 4. The summed E-state index contributed by atoms with van der Waals surface area (Å²) in [6, 6.07) is 12.2. The van der Waals surface area contributed by atoms with Crippen molar-refractivity contribution >= 4 is 70.8 Å². The van der Waals surface area contributed by atoms with Crippen LogP contribution >= 0.6 is 23.2 Å². The first-order chi connectivity index (χ1) is 23.5. The Morgan fingerprint density at radius 3 is 2.22 bits per heavy atom. The summed E-state index contributed by atoms with van der Waals surface area (Å²) in [6.45, 7) is 0. The van der Waals surface area contributed by atoms with Gasteiger partial charge in [0.1, 0.15) is 17.3 Å². The molecular formula is C33H23BCl2F4N2O8. The van der Waals surface area contributed by atoms with E-state index in [1.165, 1.54) is 30.3 Å². The van der Waals surface area contributed by atoms with Gasteiger partial charge in [0.05, 0.1) is 23.2 Å². The van der Waals surface area contributed by atoms with Crippen molar-refractivity contribution in [1.82, 2.24) is 0 Å². The lowest BCUT2D eigenvalue weighted by Crippen LogP contribution is -2.60. The lowest BCUT2D eigenvalue weighted by molar-refractivity contribution is -0.274. The zero-order valence-electron chi connectivity index (χ0n) is 25.3. The zero-order chi connectivity index (χ0) is 36.1. The van der Waals surface area contributed by atoms with Gasteiger partial charge in [-0.15, -0.1) is 36.4 Å². The normalized spacial score (nSPS) is 29.1. The monoisotopic (exact) mass is 732 g/mol. The Labute approximate surface area is 290 Å². The van der Waals surface area contributed by atoms with Crippen LogP contribution in [0, 0.1) is 23.6 Å². The number of carbonyl (C=O) groups is 4. The quantitative estimate of drug-likeness (QED) is 0.118. The van der Waals surface area contributed by atoms with Crippen molar-refractivity contribution in [3.05, 3.63) is 89.8 Å². The summed E-state index contributed by atoms with van der Waals surface area (Å²) in [7, 11) is -1.91. The molecule has 4 amide bonds. The highest BCUT2D eigenvalue weighted by Gasteiger charge is 2.77. The van der Waals surface area contributed by atoms with Crippen LogP contribution < -0.4 is 20.0 Å². The van der Waals surface area contributed by atoms with Gasteiger partial charge in [-0.3, -0.25) is 24.1 Å². The molecule has 0 bridgehead atoms. The molecule has 6 atom stereocenters. The number of benzene rings is 3. The van der Waals surface area contributed by atoms with Crippen molar-refractivity contribution in [2.24, 2.45) is 17.8 Å². The van der Waals surface area contributed by atoms with Crippen molar-refractivity contribution in [1.29, 1.82) is 0 Å². The van der Waals surface area contributed by atoms with Crippen LogP contribution in [0.1, 0.15) is 24.3 Å². The third kappa shape index (κ3) is 4.93. The van der Waals surface area contributed by atoms with Crippen LogP contribution in [-0.2, 0) is 19.2 Å². The van der Waals surface area contributed by atoms with Crippen LogP contribution in [0.5, 0.6) is 11.5 Å². The summed E-state index contributed by atoms with van der Waals surface area (Å²) in [5.74, 6) is -10.7. The maximum atomic E-state index is 14.4. The van der Waals surface area contributed by atoms with Crippen LogP contribution in [0.15, 0.2) is 78.4 Å². The number of imide groups is 2. The number of phenolic OH excluding ortho intramolecular Hbond substituents is 1. The molecule has 2 aliphatic heterocycles. The number of anilines is 2. The van der Waals surface area contributed by atoms with E-state index in [4.69, 9.17) is 23.2 Å². The average Bonchev–Trinajstić information content (AvgIpc) is 3.39. The number of nitrogens with zero attached hydrogens (tertiary/aromatic N) is 2. The number of halogens is 6. The molecule has 3 fully saturated rings. The molecule has 10 nitrogen and oxygen atoms in total. The van der Waals surface area contributed by atoms with Gasteiger partial charge in [0.2, 0.25) is 11.8 Å². The van der Waals surface area contributed by atoms with Crippen molar-refractivity contribution in [3.63, 3.8) is 0 Å².